The van der Waals surface area contributed by atoms with Crippen LogP contribution >= 0.6 is 22.7 Å². The average molecular weight is 330 g/mol. The van der Waals surface area contributed by atoms with Gasteiger partial charge in [0.15, 0.2) is 0 Å². The van der Waals surface area contributed by atoms with E-state index in [9.17, 15) is 10.1 Å². The van der Waals surface area contributed by atoms with E-state index in [0.717, 1.165) is 27.6 Å². The predicted octanol–water partition coefficient (Wildman–Crippen LogP) is 5.32. The molecule has 4 nitrogen and oxygen atoms in total. The highest BCUT2D eigenvalue weighted by Crippen LogP contribution is 2.39. The minimum atomic E-state index is -0.378. The van der Waals surface area contributed by atoms with Crippen LogP contribution in [0.5, 0.6) is 0 Å². The van der Waals surface area contributed by atoms with Crippen LogP contribution in [0.15, 0.2) is 36.4 Å². The second-order valence-corrected chi connectivity index (χ2v) is 7.12. The van der Waals surface area contributed by atoms with E-state index in [2.05, 4.69) is 24.0 Å². The van der Waals surface area contributed by atoms with Crippen molar-refractivity contribution in [2.45, 2.75) is 20.3 Å². The van der Waals surface area contributed by atoms with Crippen LogP contribution in [0.1, 0.15) is 17.6 Å². The summed E-state index contributed by atoms with van der Waals surface area (Å²) in [5.41, 5.74) is 2.26. The van der Waals surface area contributed by atoms with E-state index in [4.69, 9.17) is 0 Å². The number of thiazole rings is 1. The molecule has 0 aliphatic carbocycles. The summed E-state index contributed by atoms with van der Waals surface area (Å²) in [7, 11) is 0. The molecular weight excluding hydrogens is 316 g/mol. The molecule has 2 aromatic heterocycles. The molecule has 2 heterocycles. The predicted molar refractivity (Wildman–Crippen MR) is 91.6 cm³/mol. The lowest BCUT2D eigenvalue weighted by Gasteiger charge is -1.97. The van der Waals surface area contributed by atoms with Gasteiger partial charge < -0.3 is 0 Å². The fourth-order valence-electron chi connectivity index (χ4n) is 2.26. The summed E-state index contributed by atoms with van der Waals surface area (Å²) in [5, 5.41) is 11.8. The third-order valence-electron chi connectivity index (χ3n) is 3.33. The van der Waals surface area contributed by atoms with Crippen LogP contribution in [0, 0.1) is 17.0 Å². The summed E-state index contributed by atoms with van der Waals surface area (Å²) in [4.78, 5) is 18.5. The number of aryl methyl sites for hydroxylation is 2. The lowest BCUT2D eigenvalue weighted by Crippen LogP contribution is -1.86. The number of thiophene rings is 1. The van der Waals surface area contributed by atoms with Gasteiger partial charge in [0.1, 0.15) is 0 Å². The van der Waals surface area contributed by atoms with Crippen LogP contribution < -0.4 is 0 Å². The first-order valence-corrected chi connectivity index (χ1v) is 8.53. The van der Waals surface area contributed by atoms with Gasteiger partial charge in [-0.1, -0.05) is 6.92 Å². The molecular formula is C16H14N2O2S2. The normalized spacial score (nSPS) is 10.8. The first kappa shape index (κ1) is 14.9. The molecule has 3 aromatic rings. The van der Waals surface area contributed by atoms with Gasteiger partial charge in [-0.15, -0.1) is 22.7 Å². The molecule has 0 radical (unpaired) electrons. The Labute approximate surface area is 136 Å². The number of nitro groups is 1. The number of aromatic nitrogens is 1. The van der Waals surface area contributed by atoms with Crippen molar-refractivity contribution in [3.8, 4) is 20.2 Å². The highest BCUT2D eigenvalue weighted by atomic mass is 32.1. The van der Waals surface area contributed by atoms with Crippen molar-refractivity contribution in [2.75, 3.05) is 0 Å². The lowest BCUT2D eigenvalue weighted by molar-refractivity contribution is -0.384. The first-order chi connectivity index (χ1) is 10.6. The molecule has 112 valence electrons. The van der Waals surface area contributed by atoms with Gasteiger partial charge in [0.25, 0.3) is 5.69 Å². The summed E-state index contributed by atoms with van der Waals surface area (Å²) in [6.07, 6.45) is 0.921. The van der Waals surface area contributed by atoms with E-state index in [-0.39, 0.29) is 10.6 Å². The molecule has 0 fully saturated rings. The van der Waals surface area contributed by atoms with Gasteiger partial charge in [-0.3, -0.25) is 10.1 Å². The van der Waals surface area contributed by atoms with Crippen molar-refractivity contribution in [1.82, 2.24) is 4.98 Å². The first-order valence-electron chi connectivity index (χ1n) is 6.90. The molecule has 0 N–H and O–H groups in total. The summed E-state index contributed by atoms with van der Waals surface area (Å²) in [6, 6.07) is 10.9. The Morgan fingerprint density at radius 2 is 1.77 bits per heavy atom. The average Bonchev–Trinajstić information content (AvgIpc) is 3.13. The number of nitro benzene ring substituents is 1. The smallest absolute Gasteiger partial charge is 0.258 e. The summed E-state index contributed by atoms with van der Waals surface area (Å²) in [5.74, 6) is 0. The number of hydrogen-bond donors (Lipinski definition) is 0. The summed E-state index contributed by atoms with van der Waals surface area (Å²) in [6.45, 7) is 4.14. The molecule has 0 atom stereocenters. The maximum atomic E-state index is 10.7. The Morgan fingerprint density at radius 3 is 2.41 bits per heavy atom. The Hall–Kier alpha value is -2.05. The molecule has 6 heteroatoms. The van der Waals surface area contributed by atoms with Gasteiger partial charge in [0.2, 0.25) is 0 Å². The largest absolute Gasteiger partial charge is 0.269 e. The zero-order valence-electron chi connectivity index (χ0n) is 12.2. The van der Waals surface area contributed by atoms with Crippen molar-refractivity contribution in [3.05, 3.63) is 57.2 Å². The van der Waals surface area contributed by atoms with Gasteiger partial charge in [-0.05, 0) is 43.2 Å². The van der Waals surface area contributed by atoms with Crippen LogP contribution in [-0.2, 0) is 6.42 Å². The Bertz CT molecular complexity index is 819. The molecule has 22 heavy (non-hydrogen) atoms. The quantitative estimate of drug-likeness (QED) is 0.480. The van der Waals surface area contributed by atoms with Crippen molar-refractivity contribution in [1.29, 1.82) is 0 Å². The van der Waals surface area contributed by atoms with Crippen LogP contribution in [0.4, 0.5) is 5.69 Å². The molecule has 0 aliphatic heterocycles. The van der Waals surface area contributed by atoms with Crippen molar-refractivity contribution >= 4 is 28.4 Å². The number of rotatable bonds is 4. The Morgan fingerprint density at radius 1 is 1.09 bits per heavy atom. The van der Waals surface area contributed by atoms with E-state index >= 15 is 0 Å². The molecule has 0 spiro atoms. The van der Waals surface area contributed by atoms with E-state index in [0.29, 0.717) is 0 Å². The molecule has 1 aromatic carbocycles. The third-order valence-corrected chi connectivity index (χ3v) is 5.66. The van der Waals surface area contributed by atoms with Crippen LogP contribution in [0.2, 0.25) is 0 Å². The van der Waals surface area contributed by atoms with Gasteiger partial charge in [-0.2, -0.15) is 0 Å². The van der Waals surface area contributed by atoms with Crippen molar-refractivity contribution in [2.24, 2.45) is 0 Å². The molecule has 0 saturated heterocycles. The molecule has 3 rings (SSSR count). The minimum absolute atomic E-state index is 0.117. The molecule has 0 unspecified atom stereocenters. The van der Waals surface area contributed by atoms with Gasteiger partial charge in [0.05, 0.1) is 20.5 Å². The van der Waals surface area contributed by atoms with Crippen LogP contribution in [0.3, 0.4) is 0 Å². The summed E-state index contributed by atoms with van der Waals surface area (Å²) >= 11 is 3.41. The fourth-order valence-corrected chi connectivity index (χ4v) is 4.42. The summed E-state index contributed by atoms with van der Waals surface area (Å²) < 4.78 is 0. The second-order valence-electron chi connectivity index (χ2n) is 4.83. The van der Waals surface area contributed by atoms with E-state index < -0.39 is 0 Å². The van der Waals surface area contributed by atoms with E-state index in [1.807, 2.05) is 6.92 Å². The van der Waals surface area contributed by atoms with E-state index in [1.165, 1.54) is 9.75 Å². The van der Waals surface area contributed by atoms with Crippen LogP contribution in [-0.4, -0.2) is 9.91 Å². The monoisotopic (exact) mass is 330 g/mol. The molecule has 0 bridgehead atoms. The maximum absolute atomic E-state index is 10.7. The van der Waals surface area contributed by atoms with Crippen LogP contribution in [0.25, 0.3) is 20.2 Å². The fraction of sp³-hybridized carbons (Fsp3) is 0.188. The molecule has 0 saturated carbocycles. The zero-order chi connectivity index (χ0) is 15.7. The standard InChI is InChI=1S/C16H14N2O2S2/c1-3-13-16(21-10(2)17-13)15-9-8-14(22-15)11-4-6-12(7-5-11)18(19)20/h4-9H,3H2,1-2H3. The Kier molecular flexibility index (Phi) is 4.04. The lowest BCUT2D eigenvalue weighted by atomic mass is 10.2. The van der Waals surface area contributed by atoms with Crippen molar-refractivity contribution < 1.29 is 4.92 Å². The molecule has 0 amide bonds. The minimum Gasteiger partial charge on any atom is -0.258 e. The van der Waals surface area contributed by atoms with Gasteiger partial charge in [-0.25, -0.2) is 4.98 Å². The van der Waals surface area contributed by atoms with E-state index in [1.54, 1.807) is 46.9 Å². The number of non-ortho nitro benzene ring substituents is 1. The number of nitrogens with zero attached hydrogens (tertiary/aromatic N) is 2. The number of benzene rings is 1. The maximum Gasteiger partial charge on any atom is 0.269 e. The SMILES string of the molecule is CCc1nc(C)sc1-c1ccc(-c2ccc([N+](=O)[O-])cc2)s1. The van der Waals surface area contributed by atoms with Crippen molar-refractivity contribution in [3.63, 3.8) is 0 Å². The topological polar surface area (TPSA) is 56.0 Å². The highest BCUT2D eigenvalue weighted by Gasteiger charge is 2.13. The van der Waals surface area contributed by atoms with Gasteiger partial charge in [0, 0.05) is 21.9 Å². The Balaban J connectivity index is 1.94. The highest BCUT2D eigenvalue weighted by molar-refractivity contribution is 7.23. The molecule has 0 aliphatic rings. The van der Waals surface area contributed by atoms with Gasteiger partial charge >= 0.3 is 0 Å². The number of hydrogen-bond acceptors (Lipinski definition) is 5. The second kappa shape index (κ2) is 5.98. The zero-order valence-corrected chi connectivity index (χ0v) is 13.8. The third kappa shape index (κ3) is 2.80.